The average molecular weight is 560 g/mol. The Bertz CT molecular complexity index is 1000. The molecule has 222 valence electrons. The fourth-order valence-corrected chi connectivity index (χ4v) is 5.59. The molecule has 0 radical (unpaired) electrons. The summed E-state index contributed by atoms with van der Waals surface area (Å²) in [5, 5.41) is 2.86. The highest BCUT2D eigenvalue weighted by Crippen LogP contribution is 2.31. The van der Waals surface area contributed by atoms with Crippen molar-refractivity contribution < 1.29 is 33.4 Å². The second-order valence-electron chi connectivity index (χ2n) is 11.7. The van der Waals surface area contributed by atoms with E-state index in [1.54, 1.807) is 25.7 Å². The van der Waals surface area contributed by atoms with Crippen molar-refractivity contribution in [2.24, 2.45) is 11.8 Å². The first-order chi connectivity index (χ1) is 19.0. The van der Waals surface area contributed by atoms with Gasteiger partial charge in [-0.25, -0.2) is 9.59 Å². The monoisotopic (exact) mass is 559 g/mol. The topological polar surface area (TPSA) is 114 Å². The second kappa shape index (κ2) is 14.4. The Morgan fingerprint density at radius 2 is 1.73 bits per heavy atom. The van der Waals surface area contributed by atoms with E-state index >= 15 is 0 Å². The Hall–Kier alpha value is -3.30. The highest BCUT2D eigenvalue weighted by Gasteiger charge is 2.47. The fourth-order valence-electron chi connectivity index (χ4n) is 5.59. The molecule has 2 aliphatic rings. The summed E-state index contributed by atoms with van der Waals surface area (Å²) in [4.78, 5) is 56.1. The zero-order valence-corrected chi connectivity index (χ0v) is 24.5. The van der Waals surface area contributed by atoms with Crippen LogP contribution in [0.15, 0.2) is 30.3 Å². The van der Waals surface area contributed by atoms with Crippen molar-refractivity contribution >= 4 is 24.1 Å². The van der Waals surface area contributed by atoms with E-state index in [0.29, 0.717) is 13.0 Å². The van der Waals surface area contributed by atoms with Crippen LogP contribution in [0.5, 0.6) is 0 Å². The summed E-state index contributed by atoms with van der Waals surface area (Å²) in [7, 11) is 1.30. The van der Waals surface area contributed by atoms with Crippen LogP contribution in [0.4, 0.5) is 9.59 Å². The molecule has 0 bridgehead atoms. The summed E-state index contributed by atoms with van der Waals surface area (Å²) in [5.41, 5.74) is 0.137. The van der Waals surface area contributed by atoms with Crippen molar-refractivity contribution in [3.05, 3.63) is 35.9 Å². The van der Waals surface area contributed by atoms with Crippen LogP contribution in [0.25, 0.3) is 0 Å². The molecule has 1 saturated carbocycles. The average Bonchev–Trinajstić information content (AvgIpc) is 3.38. The van der Waals surface area contributed by atoms with E-state index in [-0.39, 0.29) is 31.5 Å². The number of rotatable bonds is 9. The Morgan fingerprint density at radius 3 is 2.33 bits per heavy atom. The first-order valence-corrected chi connectivity index (χ1v) is 14.4. The lowest BCUT2D eigenvalue weighted by atomic mass is 9.83. The highest BCUT2D eigenvalue weighted by atomic mass is 16.6. The minimum Gasteiger partial charge on any atom is -0.469 e. The molecule has 1 aromatic rings. The molecule has 1 aliphatic carbocycles. The molecular formula is C30H45N3O7. The van der Waals surface area contributed by atoms with Crippen LogP contribution in [0.1, 0.15) is 71.8 Å². The Balaban J connectivity index is 1.83. The summed E-state index contributed by atoms with van der Waals surface area (Å²) < 4.78 is 16.1. The molecule has 10 heteroatoms. The zero-order valence-electron chi connectivity index (χ0n) is 24.5. The summed E-state index contributed by atoms with van der Waals surface area (Å²) in [6, 6.07) is 7.93. The van der Waals surface area contributed by atoms with Crippen LogP contribution < -0.4 is 5.32 Å². The van der Waals surface area contributed by atoms with Gasteiger partial charge in [0.25, 0.3) is 0 Å². The minimum absolute atomic E-state index is 0.0435. The van der Waals surface area contributed by atoms with Crippen molar-refractivity contribution in [1.29, 1.82) is 0 Å². The molecule has 3 rings (SSSR count). The van der Waals surface area contributed by atoms with E-state index in [1.807, 2.05) is 37.3 Å². The lowest BCUT2D eigenvalue weighted by Crippen LogP contribution is -2.58. The van der Waals surface area contributed by atoms with Gasteiger partial charge in [-0.2, -0.15) is 0 Å². The van der Waals surface area contributed by atoms with Crippen molar-refractivity contribution in [1.82, 2.24) is 15.1 Å². The van der Waals surface area contributed by atoms with E-state index in [2.05, 4.69) is 5.32 Å². The molecule has 2 fully saturated rings. The third-order valence-electron chi connectivity index (χ3n) is 7.46. The van der Waals surface area contributed by atoms with Crippen molar-refractivity contribution in [3.8, 4) is 0 Å². The molecule has 3 unspecified atom stereocenters. The van der Waals surface area contributed by atoms with Crippen molar-refractivity contribution in [3.63, 3.8) is 0 Å². The van der Waals surface area contributed by atoms with E-state index in [1.165, 1.54) is 12.0 Å². The number of carbonyl (C=O) groups excluding carboxylic acids is 4. The summed E-state index contributed by atoms with van der Waals surface area (Å²) in [6.07, 6.45) is 4.12. The van der Waals surface area contributed by atoms with E-state index < -0.39 is 41.8 Å². The van der Waals surface area contributed by atoms with E-state index in [9.17, 15) is 19.2 Å². The summed E-state index contributed by atoms with van der Waals surface area (Å²) in [5.74, 6) is -1.54. The van der Waals surface area contributed by atoms with Gasteiger partial charge in [-0.15, -0.1) is 0 Å². The molecule has 1 aliphatic heterocycles. The lowest BCUT2D eigenvalue weighted by Gasteiger charge is -2.38. The predicted molar refractivity (Wildman–Crippen MR) is 149 cm³/mol. The van der Waals surface area contributed by atoms with Gasteiger partial charge in [-0.1, -0.05) is 56.5 Å². The second-order valence-corrected chi connectivity index (χ2v) is 11.7. The number of esters is 1. The van der Waals surface area contributed by atoms with Crippen LogP contribution in [0.2, 0.25) is 0 Å². The molecular weight excluding hydrogens is 514 g/mol. The van der Waals surface area contributed by atoms with Gasteiger partial charge < -0.3 is 29.3 Å². The number of amides is 3. The molecule has 1 N–H and O–H groups in total. The molecule has 3 amide bonds. The molecule has 0 aromatic heterocycles. The van der Waals surface area contributed by atoms with Gasteiger partial charge in [0, 0.05) is 19.6 Å². The van der Waals surface area contributed by atoms with E-state index in [4.69, 9.17) is 14.2 Å². The molecule has 40 heavy (non-hydrogen) atoms. The normalized spacial score (nSPS) is 20.4. The number of likely N-dealkylation sites (tertiary alicyclic amines) is 1. The number of nitrogens with zero attached hydrogens (tertiary/aromatic N) is 2. The quantitative estimate of drug-likeness (QED) is 0.350. The minimum atomic E-state index is -0.793. The van der Waals surface area contributed by atoms with Gasteiger partial charge >= 0.3 is 18.2 Å². The van der Waals surface area contributed by atoms with Crippen molar-refractivity contribution in [2.75, 3.05) is 26.7 Å². The van der Waals surface area contributed by atoms with Crippen LogP contribution in [-0.2, 0) is 30.4 Å². The number of hydrogen-bond donors (Lipinski definition) is 1. The van der Waals surface area contributed by atoms with Crippen LogP contribution in [-0.4, -0.2) is 78.3 Å². The number of methoxy groups -OCH3 is 1. The fraction of sp³-hybridized carbons (Fsp3) is 0.667. The van der Waals surface area contributed by atoms with Gasteiger partial charge in [0.05, 0.1) is 19.1 Å². The highest BCUT2D eigenvalue weighted by molar-refractivity contribution is 5.87. The Kier molecular flexibility index (Phi) is 11.2. The van der Waals surface area contributed by atoms with Gasteiger partial charge in [-0.3, -0.25) is 9.59 Å². The number of carbonyl (C=O) groups is 4. The van der Waals surface area contributed by atoms with Crippen molar-refractivity contribution in [2.45, 2.75) is 90.5 Å². The largest absolute Gasteiger partial charge is 0.469 e. The van der Waals surface area contributed by atoms with Gasteiger partial charge in [-0.05, 0) is 51.5 Å². The molecule has 10 nitrogen and oxygen atoms in total. The standard InChI is InChI=1S/C30H45N3O7/c1-6-17-33(26(34)25(22-15-11-8-12-16-22)31-28(36)40-30(2,3)4)24-19-32(18-23(24)27(35)38-5)29(37)39-20-21-13-9-7-10-14-21/h7,9-10,13-14,22-25H,6,8,11-12,15-20H2,1-5H3,(H,31,36). The number of nitrogens with one attached hydrogen (secondary N) is 1. The molecule has 1 saturated heterocycles. The lowest BCUT2D eigenvalue weighted by molar-refractivity contribution is -0.149. The first-order valence-electron chi connectivity index (χ1n) is 14.4. The Labute approximate surface area is 237 Å². The maximum absolute atomic E-state index is 14.2. The van der Waals surface area contributed by atoms with Crippen LogP contribution >= 0.6 is 0 Å². The third-order valence-corrected chi connectivity index (χ3v) is 7.46. The number of benzene rings is 1. The van der Waals surface area contributed by atoms with Gasteiger partial charge in [0.2, 0.25) is 5.91 Å². The zero-order chi connectivity index (χ0) is 29.3. The molecule has 1 aromatic carbocycles. The SMILES string of the molecule is CCCN(C(=O)C(NC(=O)OC(C)(C)C)C1CCCCC1)C1CN(C(=O)OCc2ccccc2)CC1C(=O)OC. The number of hydrogen-bond acceptors (Lipinski definition) is 7. The third kappa shape index (κ3) is 8.60. The maximum Gasteiger partial charge on any atom is 0.410 e. The maximum atomic E-state index is 14.2. The summed E-state index contributed by atoms with van der Waals surface area (Å²) in [6.45, 7) is 7.95. The molecule has 1 heterocycles. The molecule has 3 atom stereocenters. The Morgan fingerprint density at radius 1 is 1.05 bits per heavy atom. The van der Waals surface area contributed by atoms with Gasteiger partial charge in [0.15, 0.2) is 0 Å². The first kappa shape index (κ1) is 31.2. The predicted octanol–water partition coefficient (Wildman–Crippen LogP) is 4.51. The van der Waals surface area contributed by atoms with Gasteiger partial charge in [0.1, 0.15) is 18.2 Å². The number of ether oxygens (including phenoxy) is 3. The van der Waals surface area contributed by atoms with Crippen LogP contribution in [0.3, 0.4) is 0 Å². The number of alkyl carbamates (subject to hydrolysis) is 1. The van der Waals surface area contributed by atoms with E-state index in [0.717, 1.165) is 37.7 Å². The van der Waals surface area contributed by atoms with Crippen LogP contribution in [0, 0.1) is 11.8 Å². The smallest absolute Gasteiger partial charge is 0.410 e. The summed E-state index contributed by atoms with van der Waals surface area (Å²) >= 11 is 0. The molecule has 0 spiro atoms.